The SMILES string of the molecule is Cn1ccsc1=NC1CC1. The molecule has 0 amide bonds. The Morgan fingerprint density at radius 2 is 2.50 bits per heavy atom. The number of aromatic nitrogens is 1. The lowest BCUT2D eigenvalue weighted by Gasteiger charge is -1.86. The maximum atomic E-state index is 4.51. The van der Waals surface area contributed by atoms with Crippen LogP contribution in [0, 0.1) is 0 Å². The lowest BCUT2D eigenvalue weighted by molar-refractivity contribution is 0.837. The standard InChI is InChI=1S/C7H10N2S/c1-9-4-5-10-7(9)8-6-2-3-6/h4-6H,2-3H2,1H3. The van der Waals surface area contributed by atoms with Crippen LogP contribution in [0.5, 0.6) is 0 Å². The summed E-state index contributed by atoms with van der Waals surface area (Å²) in [5.74, 6) is 0. The van der Waals surface area contributed by atoms with Crippen molar-refractivity contribution in [2.45, 2.75) is 18.9 Å². The van der Waals surface area contributed by atoms with Crippen LogP contribution in [0.4, 0.5) is 0 Å². The molecule has 0 atom stereocenters. The maximum absolute atomic E-state index is 4.51. The number of rotatable bonds is 1. The summed E-state index contributed by atoms with van der Waals surface area (Å²) in [7, 11) is 2.04. The molecule has 0 unspecified atom stereocenters. The minimum Gasteiger partial charge on any atom is -0.327 e. The smallest absolute Gasteiger partial charge is 0.184 e. The van der Waals surface area contributed by atoms with Crippen LogP contribution in [0.3, 0.4) is 0 Å². The van der Waals surface area contributed by atoms with E-state index in [4.69, 9.17) is 0 Å². The molecule has 1 aliphatic rings. The van der Waals surface area contributed by atoms with Gasteiger partial charge in [0, 0.05) is 18.6 Å². The van der Waals surface area contributed by atoms with Gasteiger partial charge >= 0.3 is 0 Å². The van der Waals surface area contributed by atoms with Gasteiger partial charge in [-0.25, -0.2) is 0 Å². The lowest BCUT2D eigenvalue weighted by Crippen LogP contribution is -2.09. The van der Waals surface area contributed by atoms with Gasteiger partial charge < -0.3 is 4.57 Å². The quantitative estimate of drug-likeness (QED) is 0.577. The predicted octanol–water partition coefficient (Wildman–Crippen LogP) is 1.15. The van der Waals surface area contributed by atoms with Crippen molar-refractivity contribution in [3.05, 3.63) is 16.4 Å². The molecule has 0 spiro atoms. The van der Waals surface area contributed by atoms with Gasteiger partial charge in [0.15, 0.2) is 4.80 Å². The van der Waals surface area contributed by atoms with E-state index in [1.165, 1.54) is 12.8 Å². The van der Waals surface area contributed by atoms with Crippen LogP contribution in [0.15, 0.2) is 16.6 Å². The first-order valence-corrected chi connectivity index (χ1v) is 4.38. The number of hydrogen-bond donors (Lipinski definition) is 0. The summed E-state index contributed by atoms with van der Waals surface area (Å²) < 4.78 is 2.07. The zero-order valence-electron chi connectivity index (χ0n) is 5.95. The van der Waals surface area contributed by atoms with Gasteiger partial charge in [0.05, 0.1) is 6.04 Å². The number of hydrogen-bond acceptors (Lipinski definition) is 2. The molecule has 2 rings (SSSR count). The average molecular weight is 154 g/mol. The maximum Gasteiger partial charge on any atom is 0.184 e. The number of nitrogens with zero attached hydrogens (tertiary/aromatic N) is 2. The van der Waals surface area contributed by atoms with E-state index in [1.807, 2.05) is 13.2 Å². The van der Waals surface area contributed by atoms with E-state index in [1.54, 1.807) is 11.3 Å². The summed E-state index contributed by atoms with van der Waals surface area (Å²) in [4.78, 5) is 5.67. The topological polar surface area (TPSA) is 17.3 Å². The second-order valence-corrected chi connectivity index (χ2v) is 3.53. The highest BCUT2D eigenvalue weighted by molar-refractivity contribution is 7.07. The van der Waals surface area contributed by atoms with Gasteiger partial charge in [-0.05, 0) is 12.8 Å². The minimum absolute atomic E-state index is 0.643. The summed E-state index contributed by atoms with van der Waals surface area (Å²) in [6.45, 7) is 0. The largest absolute Gasteiger partial charge is 0.327 e. The summed E-state index contributed by atoms with van der Waals surface area (Å²) in [5.41, 5.74) is 0. The van der Waals surface area contributed by atoms with Gasteiger partial charge in [-0.2, -0.15) is 0 Å². The third-order valence-corrected chi connectivity index (χ3v) is 2.46. The molecule has 0 aromatic carbocycles. The first-order valence-electron chi connectivity index (χ1n) is 3.50. The van der Waals surface area contributed by atoms with Gasteiger partial charge in [-0.15, -0.1) is 11.3 Å². The Morgan fingerprint density at radius 3 is 3.00 bits per heavy atom. The second kappa shape index (κ2) is 2.23. The highest BCUT2D eigenvalue weighted by atomic mass is 32.1. The molecular formula is C7H10N2S. The van der Waals surface area contributed by atoms with Gasteiger partial charge in [-0.1, -0.05) is 0 Å². The molecule has 1 fully saturated rings. The normalized spacial score (nSPS) is 19.9. The van der Waals surface area contributed by atoms with E-state index in [-0.39, 0.29) is 0 Å². The van der Waals surface area contributed by atoms with Crippen LogP contribution in [0.2, 0.25) is 0 Å². The molecule has 1 aromatic heterocycles. The van der Waals surface area contributed by atoms with Crippen LogP contribution in [-0.4, -0.2) is 10.6 Å². The lowest BCUT2D eigenvalue weighted by atomic mass is 10.7. The first-order chi connectivity index (χ1) is 4.86. The highest BCUT2D eigenvalue weighted by Crippen LogP contribution is 2.22. The third-order valence-electron chi connectivity index (χ3n) is 1.60. The van der Waals surface area contributed by atoms with E-state index in [9.17, 15) is 0 Å². The molecule has 0 aliphatic heterocycles. The summed E-state index contributed by atoms with van der Waals surface area (Å²) in [5, 5.41) is 2.07. The van der Waals surface area contributed by atoms with E-state index in [0.29, 0.717) is 6.04 Å². The Labute approximate surface area is 63.9 Å². The van der Waals surface area contributed by atoms with Gasteiger partial charge in [0.25, 0.3) is 0 Å². The molecule has 10 heavy (non-hydrogen) atoms. The van der Waals surface area contributed by atoms with Crippen LogP contribution in [0.25, 0.3) is 0 Å². The van der Waals surface area contributed by atoms with Crippen LogP contribution in [0.1, 0.15) is 12.8 Å². The molecule has 54 valence electrons. The molecule has 2 nitrogen and oxygen atoms in total. The number of thiazole rings is 1. The second-order valence-electron chi connectivity index (χ2n) is 2.66. The Hall–Kier alpha value is -0.570. The fraction of sp³-hybridized carbons (Fsp3) is 0.571. The zero-order chi connectivity index (χ0) is 6.97. The molecule has 1 aromatic rings. The van der Waals surface area contributed by atoms with Crippen molar-refractivity contribution in [2.24, 2.45) is 12.0 Å². The van der Waals surface area contributed by atoms with Crippen molar-refractivity contribution in [1.82, 2.24) is 4.57 Å². The molecule has 0 bridgehead atoms. The number of aryl methyl sites for hydroxylation is 1. The van der Waals surface area contributed by atoms with Crippen molar-refractivity contribution >= 4 is 11.3 Å². The fourth-order valence-corrected chi connectivity index (χ4v) is 1.61. The van der Waals surface area contributed by atoms with Gasteiger partial charge in [0.1, 0.15) is 0 Å². The van der Waals surface area contributed by atoms with Crippen LogP contribution >= 0.6 is 11.3 Å². The summed E-state index contributed by atoms with van der Waals surface area (Å²) >= 11 is 1.71. The Kier molecular flexibility index (Phi) is 1.38. The highest BCUT2D eigenvalue weighted by Gasteiger charge is 2.19. The van der Waals surface area contributed by atoms with E-state index < -0.39 is 0 Å². The van der Waals surface area contributed by atoms with Crippen molar-refractivity contribution < 1.29 is 0 Å². The zero-order valence-corrected chi connectivity index (χ0v) is 6.77. The fourth-order valence-electron chi connectivity index (χ4n) is 0.811. The molecule has 0 N–H and O–H groups in total. The summed E-state index contributed by atoms with van der Waals surface area (Å²) in [6, 6.07) is 0.643. The average Bonchev–Trinajstić information content (AvgIpc) is 2.62. The van der Waals surface area contributed by atoms with Gasteiger partial charge in [-0.3, -0.25) is 4.99 Å². The van der Waals surface area contributed by atoms with E-state index in [0.717, 1.165) is 4.80 Å². The minimum atomic E-state index is 0.643. The Balaban J connectivity index is 2.38. The van der Waals surface area contributed by atoms with Gasteiger partial charge in [0.2, 0.25) is 0 Å². The van der Waals surface area contributed by atoms with Crippen molar-refractivity contribution in [3.8, 4) is 0 Å². The van der Waals surface area contributed by atoms with Crippen molar-refractivity contribution in [3.63, 3.8) is 0 Å². The Morgan fingerprint density at radius 1 is 1.70 bits per heavy atom. The van der Waals surface area contributed by atoms with E-state index >= 15 is 0 Å². The van der Waals surface area contributed by atoms with Crippen molar-refractivity contribution in [1.29, 1.82) is 0 Å². The van der Waals surface area contributed by atoms with Crippen LogP contribution < -0.4 is 4.80 Å². The Bertz CT molecular complexity index is 280. The van der Waals surface area contributed by atoms with E-state index in [2.05, 4.69) is 14.9 Å². The third kappa shape index (κ3) is 1.14. The monoisotopic (exact) mass is 154 g/mol. The molecule has 0 saturated heterocycles. The summed E-state index contributed by atoms with van der Waals surface area (Å²) in [6.07, 6.45) is 4.63. The molecule has 0 radical (unpaired) electrons. The predicted molar refractivity (Wildman–Crippen MR) is 41.9 cm³/mol. The van der Waals surface area contributed by atoms with Crippen LogP contribution in [-0.2, 0) is 7.05 Å². The molecular weight excluding hydrogens is 144 g/mol. The van der Waals surface area contributed by atoms with Crippen molar-refractivity contribution in [2.75, 3.05) is 0 Å². The molecule has 3 heteroatoms. The molecule has 1 heterocycles. The molecule has 1 saturated carbocycles. The first kappa shape index (κ1) is 6.16. The molecule has 1 aliphatic carbocycles.